The molecule has 0 saturated heterocycles. The summed E-state index contributed by atoms with van der Waals surface area (Å²) in [7, 11) is 0. The summed E-state index contributed by atoms with van der Waals surface area (Å²) in [6.45, 7) is 6.27. The van der Waals surface area contributed by atoms with Crippen molar-refractivity contribution in [2.75, 3.05) is 0 Å². The first-order valence-electron chi connectivity index (χ1n) is 6.09. The fraction of sp³-hybridized carbons (Fsp3) is 0.357. The molecular formula is C14H17NO4. The predicted octanol–water partition coefficient (Wildman–Crippen LogP) is 3.04. The van der Waals surface area contributed by atoms with Gasteiger partial charge < -0.3 is 19.3 Å². The van der Waals surface area contributed by atoms with Crippen LogP contribution < -0.4 is 5.32 Å². The number of aryl methyl sites for hydroxylation is 2. The van der Waals surface area contributed by atoms with Crippen LogP contribution in [0.4, 0.5) is 0 Å². The summed E-state index contributed by atoms with van der Waals surface area (Å²) in [4.78, 5) is 10.9. The minimum Gasteiger partial charge on any atom is -0.475 e. The van der Waals surface area contributed by atoms with Crippen molar-refractivity contribution in [1.82, 2.24) is 5.32 Å². The molecule has 102 valence electrons. The van der Waals surface area contributed by atoms with Gasteiger partial charge in [-0.2, -0.15) is 0 Å². The number of carbonyl (C=O) groups is 1. The molecule has 5 heteroatoms. The number of hydrogen-bond donors (Lipinski definition) is 2. The van der Waals surface area contributed by atoms with Gasteiger partial charge in [0.25, 0.3) is 0 Å². The zero-order chi connectivity index (χ0) is 14.0. The Morgan fingerprint density at radius 3 is 2.79 bits per heavy atom. The van der Waals surface area contributed by atoms with E-state index >= 15 is 0 Å². The maximum absolute atomic E-state index is 10.9. The third-order valence-electron chi connectivity index (χ3n) is 3.09. The fourth-order valence-corrected chi connectivity index (χ4v) is 2.12. The highest BCUT2D eigenvalue weighted by Gasteiger charge is 2.16. The molecule has 0 fully saturated rings. The molecule has 0 aliphatic heterocycles. The van der Waals surface area contributed by atoms with E-state index in [1.165, 1.54) is 6.26 Å². The Balaban J connectivity index is 2.04. The molecule has 2 heterocycles. The first-order chi connectivity index (χ1) is 8.99. The number of furan rings is 2. The smallest absolute Gasteiger partial charge is 0.372 e. The van der Waals surface area contributed by atoms with E-state index in [-0.39, 0.29) is 11.8 Å². The molecule has 0 aliphatic rings. The molecule has 0 saturated carbocycles. The zero-order valence-corrected chi connectivity index (χ0v) is 11.2. The standard InChI is InChI=1S/C14H17NO4/c1-8-6-12(10(3)19-8)9(2)15-7-11-4-5-18-13(11)14(16)17/h4-6,9,15H,7H2,1-3H3,(H,16,17). The average molecular weight is 263 g/mol. The lowest BCUT2D eigenvalue weighted by atomic mass is 10.1. The van der Waals surface area contributed by atoms with Gasteiger partial charge >= 0.3 is 5.97 Å². The Morgan fingerprint density at radius 2 is 2.21 bits per heavy atom. The minimum absolute atomic E-state index is 0.0141. The summed E-state index contributed by atoms with van der Waals surface area (Å²) < 4.78 is 10.4. The number of aromatic carboxylic acids is 1. The first-order valence-corrected chi connectivity index (χ1v) is 6.09. The predicted molar refractivity (Wildman–Crippen MR) is 69.1 cm³/mol. The maximum Gasteiger partial charge on any atom is 0.372 e. The second-order valence-electron chi connectivity index (χ2n) is 4.55. The Hall–Kier alpha value is -2.01. The van der Waals surface area contributed by atoms with Gasteiger partial charge in [0.05, 0.1) is 6.26 Å². The molecule has 0 aliphatic carbocycles. The summed E-state index contributed by atoms with van der Waals surface area (Å²) in [6.07, 6.45) is 1.39. The van der Waals surface area contributed by atoms with Gasteiger partial charge in [-0.15, -0.1) is 0 Å². The van der Waals surface area contributed by atoms with Crippen LogP contribution in [0.2, 0.25) is 0 Å². The summed E-state index contributed by atoms with van der Waals surface area (Å²) in [6, 6.07) is 3.73. The second-order valence-corrected chi connectivity index (χ2v) is 4.55. The van der Waals surface area contributed by atoms with Crippen molar-refractivity contribution >= 4 is 5.97 Å². The zero-order valence-electron chi connectivity index (χ0n) is 11.2. The van der Waals surface area contributed by atoms with Crippen molar-refractivity contribution < 1.29 is 18.7 Å². The Labute approximate surface area is 111 Å². The monoisotopic (exact) mass is 263 g/mol. The minimum atomic E-state index is -1.05. The molecule has 2 N–H and O–H groups in total. The Kier molecular flexibility index (Phi) is 3.76. The molecule has 2 rings (SSSR count). The first kappa shape index (κ1) is 13.4. The summed E-state index contributed by atoms with van der Waals surface area (Å²) >= 11 is 0. The van der Waals surface area contributed by atoms with E-state index in [1.807, 2.05) is 26.8 Å². The summed E-state index contributed by atoms with van der Waals surface area (Å²) in [5, 5.41) is 12.2. The van der Waals surface area contributed by atoms with Crippen LogP contribution >= 0.6 is 0 Å². The van der Waals surface area contributed by atoms with Crippen molar-refractivity contribution in [3.05, 3.63) is 46.8 Å². The van der Waals surface area contributed by atoms with Gasteiger partial charge in [-0.25, -0.2) is 4.79 Å². The third-order valence-corrected chi connectivity index (χ3v) is 3.09. The number of rotatable bonds is 5. The molecule has 1 atom stereocenters. The van der Waals surface area contributed by atoms with Gasteiger partial charge in [0.2, 0.25) is 5.76 Å². The van der Waals surface area contributed by atoms with E-state index in [2.05, 4.69) is 5.32 Å². The van der Waals surface area contributed by atoms with Gasteiger partial charge in [-0.05, 0) is 32.9 Å². The third kappa shape index (κ3) is 2.88. The van der Waals surface area contributed by atoms with E-state index < -0.39 is 5.97 Å². The number of carboxylic acid groups (broad SMARTS) is 1. The van der Waals surface area contributed by atoms with E-state index in [0.29, 0.717) is 12.1 Å². The summed E-state index contributed by atoms with van der Waals surface area (Å²) in [5.74, 6) is 0.684. The van der Waals surface area contributed by atoms with Crippen LogP contribution in [0.3, 0.4) is 0 Å². The molecule has 0 amide bonds. The summed E-state index contributed by atoms with van der Waals surface area (Å²) in [5.41, 5.74) is 1.72. The number of hydrogen-bond acceptors (Lipinski definition) is 4. The van der Waals surface area contributed by atoms with Crippen molar-refractivity contribution in [2.24, 2.45) is 0 Å². The largest absolute Gasteiger partial charge is 0.475 e. The van der Waals surface area contributed by atoms with E-state index in [1.54, 1.807) is 6.07 Å². The molecule has 0 bridgehead atoms. The Bertz CT molecular complexity index is 582. The average Bonchev–Trinajstić information content (AvgIpc) is 2.92. The molecule has 1 unspecified atom stereocenters. The van der Waals surface area contributed by atoms with Crippen LogP contribution in [-0.4, -0.2) is 11.1 Å². The van der Waals surface area contributed by atoms with Crippen molar-refractivity contribution in [1.29, 1.82) is 0 Å². The van der Waals surface area contributed by atoms with E-state index in [0.717, 1.165) is 17.1 Å². The topological polar surface area (TPSA) is 75.6 Å². The van der Waals surface area contributed by atoms with Crippen LogP contribution in [0.25, 0.3) is 0 Å². The molecule has 5 nitrogen and oxygen atoms in total. The van der Waals surface area contributed by atoms with Gasteiger partial charge in [0.1, 0.15) is 11.5 Å². The lowest BCUT2D eigenvalue weighted by molar-refractivity contribution is 0.0660. The molecule has 0 radical (unpaired) electrons. The van der Waals surface area contributed by atoms with Crippen LogP contribution in [0.5, 0.6) is 0 Å². The highest BCUT2D eigenvalue weighted by Crippen LogP contribution is 2.22. The molecule has 2 aromatic heterocycles. The molecule has 19 heavy (non-hydrogen) atoms. The number of nitrogens with one attached hydrogen (secondary N) is 1. The van der Waals surface area contributed by atoms with Crippen molar-refractivity contribution in [2.45, 2.75) is 33.4 Å². The fourth-order valence-electron chi connectivity index (χ4n) is 2.12. The lowest BCUT2D eigenvalue weighted by Gasteiger charge is -2.12. The van der Waals surface area contributed by atoms with Gasteiger partial charge in [-0.1, -0.05) is 0 Å². The van der Waals surface area contributed by atoms with Crippen LogP contribution in [0.1, 0.15) is 46.2 Å². The highest BCUT2D eigenvalue weighted by molar-refractivity contribution is 5.86. The highest BCUT2D eigenvalue weighted by atomic mass is 16.4. The normalized spacial score (nSPS) is 12.6. The quantitative estimate of drug-likeness (QED) is 0.867. The van der Waals surface area contributed by atoms with Crippen LogP contribution in [0.15, 0.2) is 27.2 Å². The second kappa shape index (κ2) is 5.32. The molecule has 2 aromatic rings. The molecule has 0 aromatic carbocycles. The van der Waals surface area contributed by atoms with Crippen molar-refractivity contribution in [3.8, 4) is 0 Å². The molecule has 0 spiro atoms. The van der Waals surface area contributed by atoms with Gasteiger partial charge in [-0.3, -0.25) is 0 Å². The molecular weight excluding hydrogens is 246 g/mol. The van der Waals surface area contributed by atoms with Gasteiger partial charge in [0.15, 0.2) is 0 Å². The SMILES string of the molecule is Cc1cc(C(C)NCc2ccoc2C(=O)O)c(C)o1. The Morgan fingerprint density at radius 1 is 1.47 bits per heavy atom. The van der Waals surface area contributed by atoms with E-state index in [9.17, 15) is 4.79 Å². The number of carboxylic acids is 1. The van der Waals surface area contributed by atoms with Crippen molar-refractivity contribution in [3.63, 3.8) is 0 Å². The maximum atomic E-state index is 10.9. The van der Waals surface area contributed by atoms with Crippen LogP contribution in [-0.2, 0) is 6.54 Å². The van der Waals surface area contributed by atoms with Crippen LogP contribution in [0, 0.1) is 13.8 Å². The van der Waals surface area contributed by atoms with Gasteiger partial charge in [0, 0.05) is 23.7 Å². The lowest BCUT2D eigenvalue weighted by Crippen LogP contribution is -2.19. The van der Waals surface area contributed by atoms with E-state index in [4.69, 9.17) is 13.9 Å².